The molecule has 2 N–H and O–H groups in total. The molecule has 136 valence electrons. The molecule has 0 bridgehead atoms. The lowest BCUT2D eigenvalue weighted by atomic mass is 10.0. The molecule has 0 aliphatic carbocycles. The van der Waals surface area contributed by atoms with Crippen LogP contribution in [0, 0.1) is 0 Å². The average molecular weight is 371 g/mol. The molecule has 0 unspecified atom stereocenters. The quantitative estimate of drug-likeness (QED) is 0.660. The Morgan fingerprint density at radius 1 is 0.962 bits per heavy atom. The first-order valence-corrected chi connectivity index (χ1v) is 8.39. The maximum absolute atomic E-state index is 5.89. The van der Waals surface area contributed by atoms with Crippen LogP contribution in [0.25, 0.3) is 11.1 Å². The third-order valence-corrected chi connectivity index (χ3v) is 3.88. The van der Waals surface area contributed by atoms with Crippen LogP contribution < -0.4 is 15.2 Å². The summed E-state index contributed by atoms with van der Waals surface area (Å²) in [5.41, 5.74) is 10.1. The minimum atomic E-state index is 0. The fourth-order valence-corrected chi connectivity index (χ4v) is 2.63. The Morgan fingerprint density at radius 2 is 1.77 bits per heavy atom. The van der Waals surface area contributed by atoms with Gasteiger partial charge in [0.05, 0.1) is 6.61 Å². The van der Waals surface area contributed by atoms with Gasteiger partial charge in [0.25, 0.3) is 0 Å². The Labute approximate surface area is 160 Å². The molecule has 3 rings (SSSR count). The van der Waals surface area contributed by atoms with Gasteiger partial charge in [0, 0.05) is 24.4 Å². The number of pyridine rings is 1. The van der Waals surface area contributed by atoms with Gasteiger partial charge < -0.3 is 15.2 Å². The van der Waals surface area contributed by atoms with Gasteiger partial charge in [-0.3, -0.25) is 0 Å². The number of aromatic nitrogens is 1. The van der Waals surface area contributed by atoms with Gasteiger partial charge in [-0.2, -0.15) is 0 Å². The fraction of sp³-hybridized carbons (Fsp3) is 0.190. The van der Waals surface area contributed by atoms with Crippen LogP contribution in [0.4, 0.5) is 0 Å². The van der Waals surface area contributed by atoms with Gasteiger partial charge in [-0.1, -0.05) is 36.4 Å². The standard InChI is InChI=1S/C21H22N2O2.ClH/c1-2-24-19-9-10-20(18(12-19)13-22)17-8-11-21(23-14-17)25-15-16-6-4-3-5-7-16;/h3-12,14H,2,13,15,22H2,1H3;1H. The highest BCUT2D eigenvalue weighted by molar-refractivity contribution is 5.85. The number of ether oxygens (including phenoxy) is 2. The van der Waals surface area contributed by atoms with E-state index in [1.54, 1.807) is 0 Å². The molecule has 1 heterocycles. The van der Waals surface area contributed by atoms with Gasteiger partial charge in [-0.15, -0.1) is 12.4 Å². The molecule has 5 heteroatoms. The number of hydrogen-bond donors (Lipinski definition) is 1. The van der Waals surface area contributed by atoms with Crippen molar-refractivity contribution in [3.05, 3.63) is 78.0 Å². The lowest BCUT2D eigenvalue weighted by Gasteiger charge is -2.11. The first-order valence-electron chi connectivity index (χ1n) is 8.39. The summed E-state index contributed by atoms with van der Waals surface area (Å²) in [6, 6.07) is 19.9. The van der Waals surface area contributed by atoms with Gasteiger partial charge >= 0.3 is 0 Å². The van der Waals surface area contributed by atoms with Gasteiger partial charge in [0.1, 0.15) is 12.4 Å². The van der Waals surface area contributed by atoms with Crippen molar-refractivity contribution in [2.24, 2.45) is 5.73 Å². The molecule has 0 aliphatic rings. The minimum absolute atomic E-state index is 0. The van der Waals surface area contributed by atoms with Crippen LogP contribution >= 0.6 is 12.4 Å². The van der Waals surface area contributed by atoms with E-state index in [1.165, 1.54) is 0 Å². The molecule has 0 saturated carbocycles. The molecular formula is C21H23ClN2O2. The maximum atomic E-state index is 5.89. The lowest BCUT2D eigenvalue weighted by molar-refractivity contribution is 0.294. The van der Waals surface area contributed by atoms with Crippen LogP contribution in [-0.4, -0.2) is 11.6 Å². The van der Waals surface area contributed by atoms with Crippen LogP contribution in [0.3, 0.4) is 0 Å². The summed E-state index contributed by atoms with van der Waals surface area (Å²) < 4.78 is 11.3. The summed E-state index contributed by atoms with van der Waals surface area (Å²) in [7, 11) is 0. The number of benzene rings is 2. The Kier molecular flexibility index (Phi) is 7.45. The Hall–Kier alpha value is -2.56. The molecule has 4 nitrogen and oxygen atoms in total. The molecule has 0 fully saturated rings. The number of nitrogens with zero attached hydrogens (tertiary/aromatic N) is 1. The van der Waals surface area contributed by atoms with Crippen molar-refractivity contribution >= 4 is 12.4 Å². The first-order chi connectivity index (χ1) is 12.3. The van der Waals surface area contributed by atoms with Crippen molar-refractivity contribution in [3.8, 4) is 22.8 Å². The number of rotatable bonds is 7. The van der Waals surface area contributed by atoms with Crippen molar-refractivity contribution < 1.29 is 9.47 Å². The zero-order valence-corrected chi connectivity index (χ0v) is 15.5. The van der Waals surface area contributed by atoms with E-state index in [-0.39, 0.29) is 12.4 Å². The molecule has 26 heavy (non-hydrogen) atoms. The van der Waals surface area contributed by atoms with Gasteiger partial charge in [0.2, 0.25) is 5.88 Å². The highest BCUT2D eigenvalue weighted by Gasteiger charge is 2.07. The monoisotopic (exact) mass is 370 g/mol. The second-order valence-electron chi connectivity index (χ2n) is 5.62. The Bertz CT molecular complexity index is 808. The topological polar surface area (TPSA) is 57.4 Å². The summed E-state index contributed by atoms with van der Waals surface area (Å²) in [6.45, 7) is 3.55. The van der Waals surface area contributed by atoms with E-state index < -0.39 is 0 Å². The van der Waals surface area contributed by atoms with E-state index in [9.17, 15) is 0 Å². The second kappa shape index (κ2) is 9.80. The lowest BCUT2D eigenvalue weighted by Crippen LogP contribution is -2.01. The molecule has 0 aliphatic heterocycles. The van der Waals surface area contributed by atoms with Gasteiger partial charge in [-0.25, -0.2) is 4.98 Å². The molecule has 0 saturated heterocycles. The number of hydrogen-bond acceptors (Lipinski definition) is 4. The number of nitrogens with two attached hydrogens (primary N) is 1. The van der Waals surface area contributed by atoms with Gasteiger partial charge in [0.15, 0.2) is 0 Å². The summed E-state index contributed by atoms with van der Waals surface area (Å²) in [5.74, 6) is 1.44. The van der Waals surface area contributed by atoms with Crippen LogP contribution in [-0.2, 0) is 13.2 Å². The van der Waals surface area contributed by atoms with Crippen molar-refractivity contribution in [2.45, 2.75) is 20.1 Å². The summed E-state index contributed by atoms with van der Waals surface area (Å²) in [5, 5.41) is 0. The van der Waals surface area contributed by atoms with Crippen LogP contribution in [0.1, 0.15) is 18.1 Å². The maximum Gasteiger partial charge on any atom is 0.213 e. The largest absolute Gasteiger partial charge is 0.494 e. The predicted molar refractivity (Wildman–Crippen MR) is 107 cm³/mol. The van der Waals surface area contributed by atoms with E-state index in [1.807, 2.05) is 73.8 Å². The van der Waals surface area contributed by atoms with E-state index >= 15 is 0 Å². The molecule has 2 aromatic carbocycles. The molecule has 0 radical (unpaired) electrons. The van der Waals surface area contributed by atoms with Crippen LogP contribution in [0.15, 0.2) is 66.9 Å². The zero-order valence-electron chi connectivity index (χ0n) is 14.7. The fourth-order valence-electron chi connectivity index (χ4n) is 2.63. The highest BCUT2D eigenvalue weighted by atomic mass is 35.5. The summed E-state index contributed by atoms with van der Waals surface area (Å²) in [6.07, 6.45) is 1.81. The molecule has 1 aromatic heterocycles. The predicted octanol–water partition coefficient (Wildman–Crippen LogP) is 4.61. The average Bonchev–Trinajstić information content (AvgIpc) is 2.68. The van der Waals surface area contributed by atoms with Crippen LogP contribution in [0.5, 0.6) is 11.6 Å². The minimum Gasteiger partial charge on any atom is -0.494 e. The van der Waals surface area contributed by atoms with Crippen molar-refractivity contribution in [1.29, 1.82) is 0 Å². The third-order valence-electron chi connectivity index (χ3n) is 3.88. The molecule has 0 spiro atoms. The third kappa shape index (κ3) is 4.97. The smallest absolute Gasteiger partial charge is 0.213 e. The number of halogens is 1. The molecule has 3 aromatic rings. The van der Waals surface area contributed by atoms with Crippen molar-refractivity contribution in [2.75, 3.05) is 6.61 Å². The van der Waals surface area contributed by atoms with Crippen molar-refractivity contribution in [1.82, 2.24) is 4.98 Å². The van der Waals surface area contributed by atoms with E-state index in [4.69, 9.17) is 15.2 Å². The van der Waals surface area contributed by atoms with Crippen molar-refractivity contribution in [3.63, 3.8) is 0 Å². The first kappa shape index (κ1) is 19.8. The van der Waals surface area contributed by atoms with E-state index in [2.05, 4.69) is 4.98 Å². The Morgan fingerprint density at radius 3 is 2.42 bits per heavy atom. The molecular weight excluding hydrogens is 348 g/mol. The molecule has 0 atom stereocenters. The normalized spacial score (nSPS) is 10.1. The Balaban J connectivity index is 0.00000243. The van der Waals surface area contributed by atoms with E-state index in [0.29, 0.717) is 25.6 Å². The highest BCUT2D eigenvalue weighted by Crippen LogP contribution is 2.28. The summed E-state index contributed by atoms with van der Waals surface area (Å²) >= 11 is 0. The molecule has 0 amide bonds. The summed E-state index contributed by atoms with van der Waals surface area (Å²) in [4.78, 5) is 4.41. The van der Waals surface area contributed by atoms with E-state index in [0.717, 1.165) is 28.0 Å². The van der Waals surface area contributed by atoms with Crippen LogP contribution in [0.2, 0.25) is 0 Å². The SMILES string of the molecule is CCOc1ccc(-c2ccc(OCc3ccccc3)nc2)c(CN)c1.Cl. The zero-order chi connectivity index (χ0) is 17.5. The second-order valence-corrected chi connectivity index (χ2v) is 5.62. The van der Waals surface area contributed by atoms with Gasteiger partial charge in [-0.05, 0) is 41.8 Å².